The van der Waals surface area contributed by atoms with Crippen LogP contribution >= 0.6 is 0 Å². The first-order valence-electron chi connectivity index (χ1n) is 24.1. The summed E-state index contributed by atoms with van der Waals surface area (Å²) in [5.74, 6) is 1.34. The standard InChI is InChI=1S/C63H53N/c1-3-12-41(13-4-1)51-30-34-58-55(39-51)56-40-52(42-14-5-2-6-15-42)31-35-59(56)63(58)57-19-10-9-18-54(57)62-60(63)20-11-21-61(62)64-53-32-28-44(29-33-53)46-24-25-49-38-50(27-26-48(49)37-46)47-23-22-43-16-7-8-17-45(43)36-47/h7-11,16-42,64H,1-6,12-15H2. The molecule has 1 nitrogen and oxygen atoms in total. The Bertz CT molecular complexity index is 3200. The summed E-state index contributed by atoms with van der Waals surface area (Å²) in [6.07, 6.45) is 13.4. The molecule has 2 saturated carbocycles. The van der Waals surface area contributed by atoms with E-state index < -0.39 is 0 Å². The average Bonchev–Trinajstić information content (AvgIpc) is 3.84. The van der Waals surface area contributed by atoms with Crippen molar-refractivity contribution < 1.29 is 0 Å². The maximum absolute atomic E-state index is 3.94. The van der Waals surface area contributed by atoms with E-state index in [-0.39, 0.29) is 5.41 Å². The zero-order valence-corrected chi connectivity index (χ0v) is 36.5. The minimum atomic E-state index is -0.360. The SMILES string of the molecule is c1ccc2c(c1)-c1c(Nc3ccc(-c4ccc5cc(-c6ccc7ccccc7c6)ccc5c4)cc3)cccc1C21c2ccc(C3CCCCC3)cc2-c2cc(C3CCCCC3)ccc21. The number of nitrogens with one attached hydrogen (secondary N) is 1. The molecule has 4 aliphatic carbocycles. The molecule has 0 amide bonds. The summed E-state index contributed by atoms with van der Waals surface area (Å²) in [5.41, 5.74) is 21.2. The number of benzene rings is 9. The molecule has 64 heavy (non-hydrogen) atoms. The Morgan fingerprint density at radius 3 is 1.45 bits per heavy atom. The van der Waals surface area contributed by atoms with Crippen molar-refractivity contribution in [1.82, 2.24) is 0 Å². The molecule has 9 aromatic rings. The van der Waals surface area contributed by atoms with Crippen molar-refractivity contribution in [1.29, 1.82) is 0 Å². The van der Waals surface area contributed by atoms with Crippen LogP contribution in [-0.4, -0.2) is 0 Å². The maximum Gasteiger partial charge on any atom is 0.0726 e. The molecular weight excluding hydrogens is 771 g/mol. The zero-order valence-electron chi connectivity index (χ0n) is 36.5. The Morgan fingerprint density at radius 1 is 0.344 bits per heavy atom. The highest BCUT2D eigenvalue weighted by Gasteiger charge is 2.52. The van der Waals surface area contributed by atoms with E-state index in [2.05, 4.69) is 187 Å². The predicted molar refractivity (Wildman–Crippen MR) is 270 cm³/mol. The van der Waals surface area contributed by atoms with Crippen LogP contribution in [0.25, 0.3) is 66.1 Å². The Labute approximate surface area is 377 Å². The third-order valence-corrected chi connectivity index (χ3v) is 15.8. The molecule has 1 spiro atoms. The molecule has 4 aliphatic rings. The summed E-state index contributed by atoms with van der Waals surface area (Å²) < 4.78 is 0. The molecule has 13 rings (SSSR count). The number of fused-ring (bicyclic) bond motifs is 12. The van der Waals surface area contributed by atoms with Crippen molar-refractivity contribution >= 4 is 32.9 Å². The molecular formula is C63H53N. The van der Waals surface area contributed by atoms with Gasteiger partial charge in [-0.25, -0.2) is 0 Å². The van der Waals surface area contributed by atoms with Crippen LogP contribution in [0.3, 0.4) is 0 Å². The average molecular weight is 824 g/mol. The minimum Gasteiger partial charge on any atom is -0.355 e. The second-order valence-corrected chi connectivity index (χ2v) is 19.3. The molecule has 0 unspecified atom stereocenters. The molecule has 310 valence electrons. The van der Waals surface area contributed by atoms with Crippen molar-refractivity contribution in [3.8, 4) is 44.5 Å². The third-order valence-electron chi connectivity index (χ3n) is 15.8. The molecule has 0 saturated heterocycles. The van der Waals surface area contributed by atoms with Gasteiger partial charge in [-0.3, -0.25) is 0 Å². The van der Waals surface area contributed by atoms with Crippen LogP contribution in [0, 0.1) is 0 Å². The topological polar surface area (TPSA) is 12.0 Å². The summed E-state index contributed by atoms with van der Waals surface area (Å²) in [5, 5.41) is 9.00. The summed E-state index contributed by atoms with van der Waals surface area (Å²) >= 11 is 0. The predicted octanol–water partition coefficient (Wildman–Crippen LogP) is 17.5. The lowest BCUT2D eigenvalue weighted by Gasteiger charge is -2.31. The molecule has 0 aliphatic heterocycles. The second-order valence-electron chi connectivity index (χ2n) is 19.3. The highest BCUT2D eigenvalue weighted by molar-refractivity contribution is 6.00. The van der Waals surface area contributed by atoms with Crippen molar-refractivity contribution in [2.45, 2.75) is 81.5 Å². The van der Waals surface area contributed by atoms with Gasteiger partial charge in [0.25, 0.3) is 0 Å². The van der Waals surface area contributed by atoms with E-state index in [4.69, 9.17) is 0 Å². The monoisotopic (exact) mass is 823 g/mol. The van der Waals surface area contributed by atoms with Crippen LogP contribution in [0.1, 0.15) is 109 Å². The first-order valence-corrected chi connectivity index (χ1v) is 24.1. The van der Waals surface area contributed by atoms with E-state index in [9.17, 15) is 0 Å². The molecule has 0 bridgehead atoms. The fourth-order valence-corrected chi connectivity index (χ4v) is 12.6. The Morgan fingerprint density at radius 2 is 0.828 bits per heavy atom. The van der Waals surface area contributed by atoms with Crippen LogP contribution in [0.15, 0.2) is 182 Å². The third kappa shape index (κ3) is 6.04. The van der Waals surface area contributed by atoms with Crippen LogP contribution in [-0.2, 0) is 5.41 Å². The normalized spacial score (nSPS) is 16.4. The van der Waals surface area contributed by atoms with Gasteiger partial charge < -0.3 is 5.32 Å². The molecule has 2 fully saturated rings. The van der Waals surface area contributed by atoms with Crippen molar-refractivity contribution in [2.24, 2.45) is 0 Å². The van der Waals surface area contributed by atoms with Gasteiger partial charge >= 0.3 is 0 Å². The summed E-state index contributed by atoms with van der Waals surface area (Å²) in [4.78, 5) is 0. The second kappa shape index (κ2) is 15.2. The van der Waals surface area contributed by atoms with Gasteiger partial charge in [-0.15, -0.1) is 0 Å². The van der Waals surface area contributed by atoms with Gasteiger partial charge in [-0.05, 0) is 168 Å². The number of rotatable bonds is 6. The highest BCUT2D eigenvalue weighted by Crippen LogP contribution is 2.64. The largest absolute Gasteiger partial charge is 0.355 e. The molecule has 9 aromatic carbocycles. The van der Waals surface area contributed by atoms with Gasteiger partial charge in [-0.1, -0.05) is 184 Å². The van der Waals surface area contributed by atoms with Gasteiger partial charge in [0.1, 0.15) is 0 Å². The highest BCUT2D eigenvalue weighted by atomic mass is 14.9. The first-order chi connectivity index (χ1) is 31.7. The number of hydrogen-bond acceptors (Lipinski definition) is 1. The van der Waals surface area contributed by atoms with E-state index in [0.717, 1.165) is 11.4 Å². The van der Waals surface area contributed by atoms with Crippen LogP contribution in [0.5, 0.6) is 0 Å². The minimum absolute atomic E-state index is 0.360. The molecule has 0 atom stereocenters. The van der Waals surface area contributed by atoms with E-state index in [1.165, 1.54) is 153 Å². The van der Waals surface area contributed by atoms with E-state index in [1.54, 1.807) is 11.1 Å². The Kier molecular flexibility index (Phi) is 9.00. The van der Waals surface area contributed by atoms with Crippen molar-refractivity contribution in [3.05, 3.63) is 215 Å². The molecule has 0 radical (unpaired) electrons. The lowest BCUT2D eigenvalue weighted by molar-refractivity contribution is 0.443. The Balaban J connectivity index is 0.857. The fourth-order valence-electron chi connectivity index (χ4n) is 12.6. The molecule has 0 heterocycles. The van der Waals surface area contributed by atoms with E-state index in [1.807, 2.05) is 0 Å². The summed E-state index contributed by atoms with van der Waals surface area (Å²) in [6.45, 7) is 0. The number of hydrogen-bond donors (Lipinski definition) is 1. The smallest absolute Gasteiger partial charge is 0.0726 e. The fraction of sp³-hybridized carbons (Fsp3) is 0.206. The maximum atomic E-state index is 3.94. The van der Waals surface area contributed by atoms with Gasteiger partial charge in [0, 0.05) is 16.9 Å². The van der Waals surface area contributed by atoms with Gasteiger partial charge in [0.2, 0.25) is 0 Å². The molecule has 1 N–H and O–H groups in total. The van der Waals surface area contributed by atoms with Gasteiger partial charge in [0.15, 0.2) is 0 Å². The lowest BCUT2D eigenvalue weighted by Crippen LogP contribution is -2.26. The number of anilines is 2. The van der Waals surface area contributed by atoms with Crippen LogP contribution in [0.2, 0.25) is 0 Å². The lowest BCUT2D eigenvalue weighted by atomic mass is 9.70. The van der Waals surface area contributed by atoms with Crippen molar-refractivity contribution in [2.75, 3.05) is 5.32 Å². The molecule has 1 heteroatoms. The van der Waals surface area contributed by atoms with E-state index >= 15 is 0 Å². The summed E-state index contributed by atoms with van der Waals surface area (Å²) in [6, 6.07) is 69.7. The van der Waals surface area contributed by atoms with Gasteiger partial charge in [0.05, 0.1) is 5.41 Å². The zero-order chi connectivity index (χ0) is 42.2. The van der Waals surface area contributed by atoms with Gasteiger partial charge in [-0.2, -0.15) is 0 Å². The quantitative estimate of drug-likeness (QED) is 0.176. The van der Waals surface area contributed by atoms with E-state index in [0.29, 0.717) is 11.8 Å². The first kappa shape index (κ1) is 37.8. The van der Waals surface area contributed by atoms with Crippen LogP contribution in [0.4, 0.5) is 11.4 Å². The van der Waals surface area contributed by atoms with Crippen molar-refractivity contribution in [3.63, 3.8) is 0 Å². The Hall–Kier alpha value is -6.70. The summed E-state index contributed by atoms with van der Waals surface area (Å²) in [7, 11) is 0. The molecule has 0 aromatic heterocycles. The van der Waals surface area contributed by atoms with Crippen LogP contribution < -0.4 is 5.32 Å².